The van der Waals surface area contributed by atoms with Crippen LogP contribution in [-0.4, -0.2) is 29.0 Å². The normalized spacial score (nSPS) is 10.9. The molecule has 3 rings (SSSR count). The lowest BCUT2D eigenvalue weighted by atomic mass is 10.1. The van der Waals surface area contributed by atoms with Crippen LogP contribution in [0.4, 0.5) is 14.7 Å². The molecule has 0 aliphatic carbocycles. The molecule has 7 heteroatoms. The Hall–Kier alpha value is -3.06. The molecule has 1 heterocycles. The van der Waals surface area contributed by atoms with Gasteiger partial charge in [0.25, 0.3) is 0 Å². The van der Waals surface area contributed by atoms with Gasteiger partial charge in [-0.15, -0.1) is 0 Å². The highest BCUT2D eigenvalue weighted by Crippen LogP contribution is 2.20. The van der Waals surface area contributed by atoms with Crippen LogP contribution in [0.2, 0.25) is 0 Å². The van der Waals surface area contributed by atoms with Crippen LogP contribution in [0.15, 0.2) is 54.7 Å². The zero-order valence-electron chi connectivity index (χ0n) is 15.1. The zero-order valence-corrected chi connectivity index (χ0v) is 15.1. The van der Waals surface area contributed by atoms with E-state index in [-0.39, 0.29) is 11.6 Å². The number of rotatable bonds is 7. The first-order chi connectivity index (χ1) is 13.0. The number of anilines is 1. The minimum absolute atomic E-state index is 0.239. The second-order valence-corrected chi connectivity index (χ2v) is 6.29. The molecule has 5 nitrogen and oxygen atoms in total. The highest BCUT2D eigenvalue weighted by molar-refractivity contribution is 5.33. The maximum Gasteiger partial charge on any atom is 0.226 e. The third kappa shape index (κ3) is 5.46. The minimum atomic E-state index is -0.337. The predicted octanol–water partition coefficient (Wildman–Crippen LogP) is 4.22. The molecular weight excluding hydrogens is 350 g/mol. The summed E-state index contributed by atoms with van der Waals surface area (Å²) in [5, 5.41) is 3.04. The smallest absolute Gasteiger partial charge is 0.226 e. The summed E-state index contributed by atoms with van der Waals surface area (Å²) in [5.41, 5.74) is 1.43. The number of nitrogens with zero attached hydrogens (tertiary/aromatic N) is 3. The summed E-state index contributed by atoms with van der Waals surface area (Å²) >= 11 is 0. The SMILES string of the molecule is CN(C)Cc1ccc(CNc2nccc(Oc3ccc(F)cc3)n2)cc1F. The van der Waals surface area contributed by atoms with Crippen LogP contribution in [0.1, 0.15) is 11.1 Å². The van der Waals surface area contributed by atoms with Crippen LogP contribution < -0.4 is 10.1 Å². The molecule has 0 aliphatic rings. The maximum absolute atomic E-state index is 14.1. The van der Waals surface area contributed by atoms with Crippen molar-refractivity contribution in [2.75, 3.05) is 19.4 Å². The van der Waals surface area contributed by atoms with Gasteiger partial charge in [-0.25, -0.2) is 13.8 Å². The zero-order chi connectivity index (χ0) is 19.2. The quantitative estimate of drug-likeness (QED) is 0.675. The summed E-state index contributed by atoms with van der Waals surface area (Å²) in [7, 11) is 3.79. The van der Waals surface area contributed by atoms with Gasteiger partial charge in [-0.3, -0.25) is 0 Å². The molecule has 0 amide bonds. The van der Waals surface area contributed by atoms with Gasteiger partial charge in [0.1, 0.15) is 17.4 Å². The number of nitrogens with one attached hydrogen (secondary N) is 1. The molecule has 1 N–H and O–H groups in total. The van der Waals surface area contributed by atoms with E-state index >= 15 is 0 Å². The van der Waals surface area contributed by atoms with Gasteiger partial charge in [-0.2, -0.15) is 4.98 Å². The van der Waals surface area contributed by atoms with E-state index in [1.54, 1.807) is 18.3 Å². The Bertz CT molecular complexity index is 901. The summed E-state index contributed by atoms with van der Waals surface area (Å²) in [4.78, 5) is 10.3. The van der Waals surface area contributed by atoms with E-state index in [1.807, 2.05) is 25.1 Å². The standard InChI is InChI=1S/C20H20F2N4O/c1-26(2)13-15-4-3-14(11-18(15)22)12-24-20-23-10-9-19(25-20)27-17-7-5-16(21)6-8-17/h3-11H,12-13H2,1-2H3,(H,23,24,25). The van der Waals surface area contributed by atoms with Crippen molar-refractivity contribution in [3.05, 3.63) is 77.5 Å². The molecule has 0 radical (unpaired) electrons. The van der Waals surface area contributed by atoms with Crippen molar-refractivity contribution in [2.45, 2.75) is 13.1 Å². The lowest BCUT2D eigenvalue weighted by Crippen LogP contribution is -2.12. The molecule has 0 spiro atoms. The Morgan fingerprint density at radius 1 is 1.04 bits per heavy atom. The summed E-state index contributed by atoms with van der Waals surface area (Å²) in [6.07, 6.45) is 1.55. The number of benzene rings is 2. The monoisotopic (exact) mass is 370 g/mol. The number of hydrogen-bond acceptors (Lipinski definition) is 5. The van der Waals surface area contributed by atoms with E-state index in [2.05, 4.69) is 15.3 Å². The first-order valence-electron chi connectivity index (χ1n) is 8.42. The van der Waals surface area contributed by atoms with Crippen molar-refractivity contribution in [1.29, 1.82) is 0 Å². The number of hydrogen-bond donors (Lipinski definition) is 1. The van der Waals surface area contributed by atoms with Gasteiger partial charge in [0, 0.05) is 30.9 Å². The molecule has 1 aromatic heterocycles. The number of halogens is 2. The minimum Gasteiger partial charge on any atom is -0.439 e. The molecule has 2 aromatic carbocycles. The fourth-order valence-corrected chi connectivity index (χ4v) is 2.46. The predicted molar refractivity (Wildman–Crippen MR) is 99.6 cm³/mol. The van der Waals surface area contributed by atoms with E-state index < -0.39 is 0 Å². The third-order valence-electron chi connectivity index (χ3n) is 3.72. The van der Waals surface area contributed by atoms with E-state index in [0.717, 1.165) is 5.56 Å². The largest absolute Gasteiger partial charge is 0.439 e. The molecule has 0 bridgehead atoms. The summed E-state index contributed by atoms with van der Waals surface area (Å²) in [6.45, 7) is 0.921. The van der Waals surface area contributed by atoms with E-state index in [4.69, 9.17) is 4.74 Å². The maximum atomic E-state index is 14.1. The number of aromatic nitrogens is 2. The van der Waals surface area contributed by atoms with E-state index in [0.29, 0.717) is 36.2 Å². The molecule has 0 saturated heterocycles. The fourth-order valence-electron chi connectivity index (χ4n) is 2.46. The lowest BCUT2D eigenvalue weighted by Gasteiger charge is -2.12. The van der Waals surface area contributed by atoms with Crippen LogP contribution in [0.5, 0.6) is 11.6 Å². The van der Waals surface area contributed by atoms with Gasteiger partial charge in [-0.05, 0) is 50.0 Å². The van der Waals surface area contributed by atoms with Crippen molar-refractivity contribution in [3.63, 3.8) is 0 Å². The molecule has 3 aromatic rings. The van der Waals surface area contributed by atoms with Gasteiger partial charge < -0.3 is 15.0 Å². The molecule has 0 atom stereocenters. The average molecular weight is 370 g/mol. The van der Waals surface area contributed by atoms with Gasteiger partial charge in [-0.1, -0.05) is 12.1 Å². The molecular formula is C20H20F2N4O. The van der Waals surface area contributed by atoms with Crippen LogP contribution >= 0.6 is 0 Å². The van der Waals surface area contributed by atoms with E-state index in [9.17, 15) is 8.78 Å². The van der Waals surface area contributed by atoms with E-state index in [1.165, 1.54) is 30.3 Å². The molecule has 0 aliphatic heterocycles. The first-order valence-corrected chi connectivity index (χ1v) is 8.42. The van der Waals surface area contributed by atoms with Crippen molar-refractivity contribution in [1.82, 2.24) is 14.9 Å². The summed E-state index contributed by atoms with van der Waals surface area (Å²) in [6, 6.07) is 12.4. The third-order valence-corrected chi connectivity index (χ3v) is 3.72. The second kappa shape index (κ2) is 8.55. The van der Waals surface area contributed by atoms with Gasteiger partial charge in [0.15, 0.2) is 0 Å². The fraction of sp³-hybridized carbons (Fsp3) is 0.200. The van der Waals surface area contributed by atoms with Crippen LogP contribution in [0.3, 0.4) is 0 Å². The van der Waals surface area contributed by atoms with Crippen molar-refractivity contribution < 1.29 is 13.5 Å². The van der Waals surface area contributed by atoms with Gasteiger partial charge in [0.05, 0.1) is 0 Å². The molecule has 27 heavy (non-hydrogen) atoms. The Morgan fingerprint density at radius 2 is 1.81 bits per heavy atom. The molecule has 140 valence electrons. The van der Waals surface area contributed by atoms with Crippen LogP contribution in [0.25, 0.3) is 0 Å². The Kier molecular flexibility index (Phi) is 5.93. The Labute approximate surface area is 156 Å². The average Bonchev–Trinajstić information content (AvgIpc) is 2.64. The second-order valence-electron chi connectivity index (χ2n) is 6.29. The van der Waals surface area contributed by atoms with Gasteiger partial charge in [0.2, 0.25) is 11.8 Å². The van der Waals surface area contributed by atoms with Crippen molar-refractivity contribution in [3.8, 4) is 11.6 Å². The molecule has 0 unspecified atom stereocenters. The molecule has 0 saturated carbocycles. The summed E-state index contributed by atoms with van der Waals surface area (Å²) < 4.78 is 32.7. The highest BCUT2D eigenvalue weighted by Gasteiger charge is 2.06. The Balaban J connectivity index is 1.63. The Morgan fingerprint density at radius 3 is 2.52 bits per heavy atom. The highest BCUT2D eigenvalue weighted by atomic mass is 19.1. The van der Waals surface area contributed by atoms with Crippen molar-refractivity contribution >= 4 is 5.95 Å². The van der Waals surface area contributed by atoms with Crippen LogP contribution in [-0.2, 0) is 13.1 Å². The molecule has 0 fully saturated rings. The number of ether oxygens (including phenoxy) is 1. The van der Waals surface area contributed by atoms with Crippen molar-refractivity contribution in [2.24, 2.45) is 0 Å². The summed E-state index contributed by atoms with van der Waals surface area (Å²) in [5.74, 6) is 0.576. The lowest BCUT2D eigenvalue weighted by molar-refractivity contribution is 0.392. The van der Waals surface area contributed by atoms with Crippen LogP contribution in [0, 0.1) is 11.6 Å². The van der Waals surface area contributed by atoms with Gasteiger partial charge >= 0.3 is 0 Å². The first kappa shape index (κ1) is 18.7. The topological polar surface area (TPSA) is 50.3 Å².